The first kappa shape index (κ1) is 18.8. The van der Waals surface area contributed by atoms with Crippen LogP contribution in [0.5, 0.6) is 0 Å². The van der Waals surface area contributed by atoms with Crippen LogP contribution >= 0.6 is 0 Å². The summed E-state index contributed by atoms with van der Waals surface area (Å²) in [4.78, 5) is 0.748. The summed E-state index contributed by atoms with van der Waals surface area (Å²) < 4.78 is 27.4. The van der Waals surface area contributed by atoms with Crippen molar-refractivity contribution in [2.45, 2.75) is 16.7 Å². The van der Waals surface area contributed by atoms with E-state index in [1.54, 1.807) is 18.2 Å². The quantitative estimate of drug-likeness (QED) is 0.281. The standard InChI is InChI=1S/C22H15N2O2S.Rh/c1-15-20(14-23-24(15)17-7-3-2-4-8-17)16-11-12-22-19(13-16)18-9-5-6-10-21(18)27(22,25)26;/h2-7,9-14H,1H3;/q-1;. The second-order valence-electron chi connectivity index (χ2n) is 6.51. The number of fused-ring (bicyclic) bond motifs is 3. The average Bonchev–Trinajstić information content (AvgIpc) is 3.19. The molecule has 1 radical (unpaired) electrons. The molecule has 141 valence electrons. The predicted octanol–water partition coefficient (Wildman–Crippen LogP) is 4.46. The van der Waals surface area contributed by atoms with E-state index >= 15 is 0 Å². The molecule has 0 aliphatic carbocycles. The molecule has 0 saturated heterocycles. The number of benzene rings is 3. The zero-order valence-corrected chi connectivity index (χ0v) is 17.3. The van der Waals surface area contributed by atoms with Gasteiger partial charge in [-0.2, -0.15) is 29.4 Å². The summed E-state index contributed by atoms with van der Waals surface area (Å²) in [5.41, 5.74) is 5.27. The van der Waals surface area contributed by atoms with Gasteiger partial charge in [-0.1, -0.05) is 24.3 Å². The Morgan fingerprint density at radius 1 is 0.893 bits per heavy atom. The van der Waals surface area contributed by atoms with E-state index in [9.17, 15) is 8.42 Å². The SMILES string of the molecule is Cc1c(-c2ccc3c(c2)-c2ccccc2S3(=O)=O)cnn1-c1[c-]cccc1.[Rh]. The zero-order valence-electron chi connectivity index (χ0n) is 14.9. The third kappa shape index (κ3) is 2.67. The van der Waals surface area contributed by atoms with Crippen molar-refractivity contribution in [1.82, 2.24) is 9.78 Å². The molecule has 0 fully saturated rings. The molecule has 3 aromatic carbocycles. The molecule has 1 aliphatic heterocycles. The van der Waals surface area contributed by atoms with E-state index in [1.165, 1.54) is 0 Å². The Labute approximate surface area is 176 Å². The van der Waals surface area contributed by atoms with Crippen molar-refractivity contribution in [2.24, 2.45) is 0 Å². The first-order chi connectivity index (χ1) is 13.1. The van der Waals surface area contributed by atoms with Crippen molar-refractivity contribution < 1.29 is 27.9 Å². The van der Waals surface area contributed by atoms with E-state index in [1.807, 2.05) is 66.3 Å². The van der Waals surface area contributed by atoms with E-state index in [4.69, 9.17) is 0 Å². The van der Waals surface area contributed by atoms with Crippen molar-refractivity contribution in [3.05, 3.63) is 84.7 Å². The van der Waals surface area contributed by atoms with Crippen molar-refractivity contribution in [3.63, 3.8) is 0 Å². The number of para-hydroxylation sites is 1. The van der Waals surface area contributed by atoms with Gasteiger partial charge in [0.05, 0.1) is 16.0 Å². The Morgan fingerprint density at radius 2 is 1.64 bits per heavy atom. The summed E-state index contributed by atoms with van der Waals surface area (Å²) in [5.74, 6) is 0. The molecule has 6 heteroatoms. The second kappa shape index (κ2) is 6.80. The first-order valence-corrected chi connectivity index (χ1v) is 10.1. The molecule has 28 heavy (non-hydrogen) atoms. The van der Waals surface area contributed by atoms with Crippen LogP contribution in [0.3, 0.4) is 0 Å². The second-order valence-corrected chi connectivity index (χ2v) is 8.40. The maximum absolute atomic E-state index is 12.8. The largest absolute Gasteiger partial charge is 0.262 e. The fourth-order valence-electron chi connectivity index (χ4n) is 3.64. The summed E-state index contributed by atoms with van der Waals surface area (Å²) in [6, 6.07) is 23.5. The molecular weight excluding hydrogens is 459 g/mol. The molecular formula is C22H15N2O2RhS-. The van der Waals surface area contributed by atoms with E-state index in [2.05, 4.69) is 11.2 Å². The van der Waals surface area contributed by atoms with Gasteiger partial charge in [-0.15, -0.1) is 6.07 Å². The average molecular weight is 474 g/mol. The number of aromatic nitrogens is 2. The maximum Gasteiger partial charge on any atom is 0.207 e. The van der Waals surface area contributed by atoms with Crippen LogP contribution in [0.1, 0.15) is 5.69 Å². The maximum atomic E-state index is 12.8. The van der Waals surface area contributed by atoms with Gasteiger partial charge >= 0.3 is 0 Å². The van der Waals surface area contributed by atoms with Crippen molar-refractivity contribution in [1.29, 1.82) is 0 Å². The normalized spacial score (nSPS) is 13.5. The molecule has 4 nitrogen and oxygen atoms in total. The van der Waals surface area contributed by atoms with E-state index < -0.39 is 9.84 Å². The molecule has 1 aliphatic rings. The summed E-state index contributed by atoms with van der Waals surface area (Å²) in [5, 5.41) is 4.50. The minimum atomic E-state index is -3.44. The topological polar surface area (TPSA) is 52.0 Å². The Morgan fingerprint density at radius 3 is 2.43 bits per heavy atom. The molecule has 1 aromatic heterocycles. The molecule has 0 amide bonds. The molecule has 0 saturated carbocycles. The molecule has 4 aromatic rings. The van der Waals surface area contributed by atoms with Crippen LogP contribution in [-0.4, -0.2) is 18.2 Å². The van der Waals surface area contributed by atoms with Crippen LogP contribution in [0.4, 0.5) is 0 Å². The minimum Gasteiger partial charge on any atom is -0.262 e. The van der Waals surface area contributed by atoms with Gasteiger partial charge in [0.15, 0.2) is 0 Å². The number of sulfone groups is 1. The van der Waals surface area contributed by atoms with Crippen LogP contribution in [0.25, 0.3) is 27.9 Å². The Hall–Kier alpha value is -2.56. The summed E-state index contributed by atoms with van der Waals surface area (Å²) in [6.45, 7) is 2.00. The van der Waals surface area contributed by atoms with Gasteiger partial charge in [0, 0.05) is 41.9 Å². The van der Waals surface area contributed by atoms with Gasteiger partial charge < -0.3 is 0 Å². The third-order valence-electron chi connectivity index (χ3n) is 4.98. The fraction of sp³-hybridized carbons (Fsp3) is 0.0455. The van der Waals surface area contributed by atoms with Crippen LogP contribution in [-0.2, 0) is 29.3 Å². The van der Waals surface area contributed by atoms with Crippen LogP contribution in [0.2, 0.25) is 0 Å². The van der Waals surface area contributed by atoms with Crippen LogP contribution in [0.15, 0.2) is 82.7 Å². The van der Waals surface area contributed by atoms with Gasteiger partial charge in [0.2, 0.25) is 9.84 Å². The van der Waals surface area contributed by atoms with Gasteiger partial charge in [0.1, 0.15) is 0 Å². The molecule has 2 heterocycles. The van der Waals surface area contributed by atoms with E-state index in [0.29, 0.717) is 9.79 Å². The van der Waals surface area contributed by atoms with E-state index in [-0.39, 0.29) is 19.5 Å². The molecule has 5 rings (SSSR count). The van der Waals surface area contributed by atoms with Crippen molar-refractivity contribution in [2.75, 3.05) is 0 Å². The van der Waals surface area contributed by atoms with Crippen LogP contribution in [0, 0.1) is 13.0 Å². The Balaban J connectivity index is 0.00000192. The molecule has 0 atom stereocenters. The summed E-state index contributed by atoms with van der Waals surface area (Å²) in [6.07, 6.45) is 1.81. The monoisotopic (exact) mass is 474 g/mol. The predicted molar refractivity (Wildman–Crippen MR) is 103 cm³/mol. The fourth-order valence-corrected chi connectivity index (χ4v) is 5.30. The van der Waals surface area contributed by atoms with Gasteiger partial charge in [-0.05, 0) is 36.4 Å². The summed E-state index contributed by atoms with van der Waals surface area (Å²) in [7, 11) is -3.44. The Bertz CT molecular complexity index is 1300. The number of hydrogen-bond acceptors (Lipinski definition) is 3. The van der Waals surface area contributed by atoms with Gasteiger partial charge in [-0.25, -0.2) is 8.42 Å². The minimum absolute atomic E-state index is 0. The van der Waals surface area contributed by atoms with Crippen molar-refractivity contribution in [3.8, 4) is 27.9 Å². The first-order valence-electron chi connectivity index (χ1n) is 8.58. The molecule has 0 N–H and O–H groups in total. The third-order valence-corrected chi connectivity index (χ3v) is 6.85. The zero-order chi connectivity index (χ0) is 18.6. The van der Waals surface area contributed by atoms with Gasteiger partial charge in [-0.3, -0.25) is 4.68 Å². The number of rotatable bonds is 2. The van der Waals surface area contributed by atoms with Crippen LogP contribution < -0.4 is 0 Å². The Kier molecular flexibility index (Phi) is 4.56. The van der Waals surface area contributed by atoms with Gasteiger partial charge in [0.25, 0.3) is 0 Å². The number of nitrogens with zero attached hydrogens (tertiary/aromatic N) is 2. The van der Waals surface area contributed by atoms with Crippen molar-refractivity contribution >= 4 is 9.84 Å². The smallest absolute Gasteiger partial charge is 0.207 e. The summed E-state index contributed by atoms with van der Waals surface area (Å²) >= 11 is 0. The molecule has 0 bridgehead atoms. The number of hydrogen-bond donors (Lipinski definition) is 0. The molecule has 0 spiro atoms. The van der Waals surface area contributed by atoms with E-state index in [0.717, 1.165) is 33.6 Å². The molecule has 0 unspecified atom stereocenters.